The first-order valence-corrected chi connectivity index (χ1v) is 7.72. The summed E-state index contributed by atoms with van der Waals surface area (Å²) in [7, 11) is 3.84. The number of benzene rings is 2. The van der Waals surface area contributed by atoms with Crippen LogP contribution in [0.3, 0.4) is 0 Å². The quantitative estimate of drug-likeness (QED) is 0.829. The molecule has 1 N–H and O–H groups in total. The van der Waals surface area contributed by atoms with Gasteiger partial charge in [0, 0.05) is 26.3 Å². The zero-order valence-corrected chi connectivity index (χ0v) is 14.2. The lowest BCUT2D eigenvalue weighted by atomic mass is 10.1. The Morgan fingerprint density at radius 3 is 2.21 bits per heavy atom. The van der Waals surface area contributed by atoms with E-state index in [4.69, 9.17) is 4.74 Å². The summed E-state index contributed by atoms with van der Waals surface area (Å²) in [6, 6.07) is 14.9. The largest absolute Gasteiger partial charge is 0.452 e. The van der Waals surface area contributed by atoms with Crippen LogP contribution < -0.4 is 10.2 Å². The van der Waals surface area contributed by atoms with Crippen LogP contribution in [-0.2, 0) is 16.1 Å². The molecule has 1 amide bonds. The SMILES string of the molecule is Cc1ccc(CNC(=O)COC(=O)c2ccc(N(C)C)cc2)cc1. The molecule has 0 unspecified atom stereocenters. The van der Waals surface area contributed by atoms with Crippen molar-refractivity contribution in [3.63, 3.8) is 0 Å². The summed E-state index contributed by atoms with van der Waals surface area (Å²) in [4.78, 5) is 25.6. The smallest absolute Gasteiger partial charge is 0.338 e. The molecule has 0 heterocycles. The van der Waals surface area contributed by atoms with Gasteiger partial charge in [0.15, 0.2) is 6.61 Å². The van der Waals surface area contributed by atoms with Crippen LogP contribution in [0.15, 0.2) is 48.5 Å². The van der Waals surface area contributed by atoms with Crippen LogP contribution in [0.25, 0.3) is 0 Å². The van der Waals surface area contributed by atoms with Crippen molar-refractivity contribution in [3.8, 4) is 0 Å². The molecule has 0 bridgehead atoms. The molecule has 5 nitrogen and oxygen atoms in total. The number of nitrogens with one attached hydrogen (secondary N) is 1. The predicted molar refractivity (Wildman–Crippen MR) is 94.1 cm³/mol. The zero-order chi connectivity index (χ0) is 17.5. The topological polar surface area (TPSA) is 58.6 Å². The Morgan fingerprint density at radius 2 is 1.62 bits per heavy atom. The Bertz CT molecular complexity index is 692. The second-order valence-electron chi connectivity index (χ2n) is 5.78. The number of rotatable bonds is 6. The van der Waals surface area contributed by atoms with Crippen molar-refractivity contribution in [2.45, 2.75) is 13.5 Å². The van der Waals surface area contributed by atoms with Crippen molar-refractivity contribution < 1.29 is 14.3 Å². The number of nitrogens with zero attached hydrogens (tertiary/aromatic N) is 1. The summed E-state index contributed by atoms with van der Waals surface area (Å²) in [5, 5.41) is 2.73. The number of carbonyl (C=O) groups is 2. The highest BCUT2D eigenvalue weighted by molar-refractivity contribution is 5.91. The van der Waals surface area contributed by atoms with Crippen LogP contribution in [0.4, 0.5) is 5.69 Å². The van der Waals surface area contributed by atoms with Gasteiger partial charge in [0.1, 0.15) is 0 Å². The van der Waals surface area contributed by atoms with E-state index in [1.807, 2.05) is 62.3 Å². The molecule has 0 atom stereocenters. The first kappa shape index (κ1) is 17.5. The number of carbonyl (C=O) groups excluding carboxylic acids is 2. The van der Waals surface area contributed by atoms with Gasteiger partial charge in [-0.3, -0.25) is 4.79 Å². The number of ether oxygens (including phenoxy) is 1. The van der Waals surface area contributed by atoms with Crippen LogP contribution in [-0.4, -0.2) is 32.6 Å². The third-order valence-corrected chi connectivity index (χ3v) is 3.56. The van der Waals surface area contributed by atoms with Crippen molar-refractivity contribution in [1.82, 2.24) is 5.32 Å². The van der Waals surface area contributed by atoms with E-state index in [9.17, 15) is 9.59 Å². The molecule has 2 rings (SSSR count). The van der Waals surface area contributed by atoms with Crippen molar-refractivity contribution in [3.05, 3.63) is 65.2 Å². The molecule has 126 valence electrons. The highest BCUT2D eigenvalue weighted by Gasteiger charge is 2.10. The maximum Gasteiger partial charge on any atom is 0.338 e. The zero-order valence-electron chi connectivity index (χ0n) is 14.2. The highest BCUT2D eigenvalue weighted by Crippen LogP contribution is 2.12. The molecule has 2 aromatic carbocycles. The van der Waals surface area contributed by atoms with Crippen LogP contribution in [0, 0.1) is 6.92 Å². The number of aryl methyl sites for hydroxylation is 1. The molecule has 2 aromatic rings. The third kappa shape index (κ3) is 5.12. The molecular weight excluding hydrogens is 304 g/mol. The van der Waals surface area contributed by atoms with E-state index in [0.717, 1.165) is 11.3 Å². The molecule has 24 heavy (non-hydrogen) atoms. The summed E-state index contributed by atoms with van der Waals surface area (Å²) in [6.07, 6.45) is 0. The Kier molecular flexibility index (Phi) is 5.95. The Balaban J connectivity index is 1.78. The van der Waals surface area contributed by atoms with E-state index in [1.165, 1.54) is 5.56 Å². The summed E-state index contributed by atoms with van der Waals surface area (Å²) < 4.78 is 5.03. The molecule has 0 saturated carbocycles. The van der Waals surface area contributed by atoms with E-state index < -0.39 is 5.97 Å². The average Bonchev–Trinajstić information content (AvgIpc) is 2.59. The molecule has 0 spiro atoms. The summed E-state index contributed by atoms with van der Waals surface area (Å²) >= 11 is 0. The summed E-state index contributed by atoms with van der Waals surface area (Å²) in [6.45, 7) is 2.13. The van der Waals surface area contributed by atoms with E-state index in [-0.39, 0.29) is 12.5 Å². The Morgan fingerprint density at radius 1 is 1.00 bits per heavy atom. The van der Waals surface area contributed by atoms with Gasteiger partial charge in [0.25, 0.3) is 5.91 Å². The van der Waals surface area contributed by atoms with E-state index >= 15 is 0 Å². The van der Waals surface area contributed by atoms with Crippen molar-refractivity contribution in [1.29, 1.82) is 0 Å². The maximum absolute atomic E-state index is 11.9. The minimum absolute atomic E-state index is 0.292. The molecule has 0 aromatic heterocycles. The van der Waals surface area contributed by atoms with Gasteiger partial charge in [-0.05, 0) is 36.8 Å². The van der Waals surface area contributed by atoms with Crippen molar-refractivity contribution in [2.75, 3.05) is 25.6 Å². The van der Waals surface area contributed by atoms with Gasteiger partial charge in [-0.2, -0.15) is 0 Å². The van der Waals surface area contributed by atoms with Gasteiger partial charge in [-0.1, -0.05) is 29.8 Å². The molecular formula is C19H22N2O3. The van der Waals surface area contributed by atoms with E-state index in [0.29, 0.717) is 12.1 Å². The van der Waals surface area contributed by atoms with Gasteiger partial charge in [0.2, 0.25) is 0 Å². The lowest BCUT2D eigenvalue weighted by Gasteiger charge is -2.12. The molecule has 5 heteroatoms. The second kappa shape index (κ2) is 8.15. The van der Waals surface area contributed by atoms with Gasteiger partial charge in [-0.25, -0.2) is 4.79 Å². The fourth-order valence-corrected chi connectivity index (χ4v) is 2.07. The molecule has 0 aliphatic carbocycles. The first-order chi connectivity index (χ1) is 11.5. The van der Waals surface area contributed by atoms with Crippen molar-refractivity contribution >= 4 is 17.6 Å². The number of anilines is 1. The van der Waals surface area contributed by atoms with Crippen LogP contribution in [0.5, 0.6) is 0 Å². The molecule has 0 saturated heterocycles. The summed E-state index contributed by atoms with van der Waals surface area (Å²) in [5.74, 6) is -0.834. The number of hydrogen-bond acceptors (Lipinski definition) is 4. The number of esters is 1. The third-order valence-electron chi connectivity index (χ3n) is 3.56. The van der Waals surface area contributed by atoms with E-state index in [2.05, 4.69) is 5.32 Å². The normalized spacial score (nSPS) is 10.1. The minimum Gasteiger partial charge on any atom is -0.452 e. The molecule has 0 radical (unpaired) electrons. The fourth-order valence-electron chi connectivity index (χ4n) is 2.07. The average molecular weight is 326 g/mol. The first-order valence-electron chi connectivity index (χ1n) is 7.72. The van der Waals surface area contributed by atoms with Crippen molar-refractivity contribution in [2.24, 2.45) is 0 Å². The second-order valence-corrected chi connectivity index (χ2v) is 5.78. The lowest BCUT2D eigenvalue weighted by molar-refractivity contribution is -0.124. The van der Waals surface area contributed by atoms with E-state index in [1.54, 1.807) is 12.1 Å². The standard InChI is InChI=1S/C19H22N2O3/c1-14-4-6-15(7-5-14)12-20-18(22)13-24-19(23)16-8-10-17(11-9-16)21(2)3/h4-11H,12-13H2,1-3H3,(H,20,22). The number of hydrogen-bond donors (Lipinski definition) is 1. The maximum atomic E-state index is 11.9. The minimum atomic E-state index is -0.509. The molecule has 0 aliphatic rings. The number of amides is 1. The molecule has 0 fully saturated rings. The summed E-state index contributed by atoms with van der Waals surface area (Å²) in [5.41, 5.74) is 3.58. The molecule has 0 aliphatic heterocycles. The monoisotopic (exact) mass is 326 g/mol. The fraction of sp³-hybridized carbons (Fsp3) is 0.263. The van der Waals surface area contributed by atoms with Gasteiger partial charge >= 0.3 is 5.97 Å². The lowest BCUT2D eigenvalue weighted by Crippen LogP contribution is -2.28. The van der Waals surface area contributed by atoms with Crippen LogP contribution >= 0.6 is 0 Å². The van der Waals surface area contributed by atoms with Crippen LogP contribution in [0.2, 0.25) is 0 Å². The highest BCUT2D eigenvalue weighted by atomic mass is 16.5. The van der Waals surface area contributed by atoms with Crippen LogP contribution in [0.1, 0.15) is 21.5 Å². The van der Waals surface area contributed by atoms with Gasteiger partial charge in [-0.15, -0.1) is 0 Å². The Hall–Kier alpha value is -2.82. The van der Waals surface area contributed by atoms with Gasteiger partial charge in [0.05, 0.1) is 5.56 Å². The van der Waals surface area contributed by atoms with Gasteiger partial charge < -0.3 is 15.0 Å². The Labute approximate surface area is 142 Å². The predicted octanol–water partition coefficient (Wildman–Crippen LogP) is 2.53.